The highest BCUT2D eigenvalue weighted by molar-refractivity contribution is 7.89. The summed E-state index contributed by atoms with van der Waals surface area (Å²) in [6, 6.07) is 15.4. The van der Waals surface area contributed by atoms with E-state index in [0.29, 0.717) is 16.8 Å². The maximum absolute atomic E-state index is 11.7. The van der Waals surface area contributed by atoms with Crippen LogP contribution in [-0.4, -0.2) is 20.4 Å². The zero-order chi connectivity index (χ0) is 17.9. The molecule has 25 heavy (non-hydrogen) atoms. The molecule has 0 aliphatic heterocycles. The summed E-state index contributed by atoms with van der Waals surface area (Å²) in [5.74, 6) is 0.214. The quantitative estimate of drug-likeness (QED) is 0.682. The van der Waals surface area contributed by atoms with Crippen LogP contribution in [0.5, 0.6) is 0 Å². The highest BCUT2D eigenvalue weighted by atomic mass is 32.2. The van der Waals surface area contributed by atoms with E-state index in [1.807, 2.05) is 18.2 Å². The molecular formula is C17H14N4O3S. The van der Waals surface area contributed by atoms with E-state index in [1.165, 1.54) is 25.4 Å². The van der Waals surface area contributed by atoms with Crippen LogP contribution in [0.25, 0.3) is 16.7 Å². The molecule has 2 aromatic carbocycles. The number of nitriles is 1. The number of hydrogen-bond acceptors (Lipinski definition) is 6. The average molecular weight is 354 g/mol. The molecule has 0 bridgehead atoms. The van der Waals surface area contributed by atoms with E-state index in [4.69, 9.17) is 4.42 Å². The number of anilines is 1. The number of oxazole rings is 1. The molecule has 0 unspecified atom stereocenters. The van der Waals surface area contributed by atoms with Gasteiger partial charge in [-0.2, -0.15) is 5.26 Å². The lowest BCUT2D eigenvalue weighted by molar-refractivity contribution is 0.586. The van der Waals surface area contributed by atoms with Gasteiger partial charge in [-0.25, -0.2) is 18.1 Å². The summed E-state index contributed by atoms with van der Waals surface area (Å²) >= 11 is 0. The van der Waals surface area contributed by atoms with Crippen molar-refractivity contribution >= 4 is 32.4 Å². The van der Waals surface area contributed by atoms with Gasteiger partial charge in [-0.1, -0.05) is 12.1 Å². The summed E-state index contributed by atoms with van der Waals surface area (Å²) < 4.78 is 31.2. The number of rotatable bonds is 5. The van der Waals surface area contributed by atoms with Crippen LogP contribution in [-0.2, 0) is 10.0 Å². The van der Waals surface area contributed by atoms with E-state index in [1.54, 1.807) is 24.3 Å². The Kier molecular flexibility index (Phi) is 4.52. The van der Waals surface area contributed by atoms with E-state index in [2.05, 4.69) is 15.0 Å². The van der Waals surface area contributed by atoms with Gasteiger partial charge in [-0.3, -0.25) is 0 Å². The predicted molar refractivity (Wildman–Crippen MR) is 93.9 cm³/mol. The average Bonchev–Trinajstić information content (AvgIpc) is 3.06. The fourth-order valence-corrected chi connectivity index (χ4v) is 2.86. The molecule has 0 fully saturated rings. The van der Waals surface area contributed by atoms with Gasteiger partial charge in [0, 0.05) is 11.9 Å². The SMILES string of the molecule is CNS(=O)(=O)c1ccc(NC=C(C#N)c2nc3ccccc3o2)cc1. The first-order valence-corrected chi connectivity index (χ1v) is 8.78. The van der Waals surface area contributed by atoms with Gasteiger partial charge >= 0.3 is 0 Å². The predicted octanol–water partition coefficient (Wildman–Crippen LogP) is 2.71. The monoisotopic (exact) mass is 354 g/mol. The minimum atomic E-state index is -3.48. The molecule has 0 saturated carbocycles. The summed E-state index contributed by atoms with van der Waals surface area (Å²) in [7, 11) is -2.13. The lowest BCUT2D eigenvalue weighted by Crippen LogP contribution is -2.18. The molecule has 0 aliphatic rings. The second kappa shape index (κ2) is 6.76. The molecule has 0 amide bonds. The maximum atomic E-state index is 11.7. The van der Waals surface area contributed by atoms with Gasteiger partial charge in [0.15, 0.2) is 5.58 Å². The lowest BCUT2D eigenvalue weighted by Gasteiger charge is -2.04. The Morgan fingerprint density at radius 1 is 1.20 bits per heavy atom. The van der Waals surface area contributed by atoms with Crippen molar-refractivity contribution in [3.63, 3.8) is 0 Å². The Morgan fingerprint density at radius 2 is 1.92 bits per heavy atom. The van der Waals surface area contributed by atoms with Crippen LogP contribution < -0.4 is 10.0 Å². The third-order valence-electron chi connectivity index (χ3n) is 3.46. The van der Waals surface area contributed by atoms with Crippen molar-refractivity contribution in [1.82, 2.24) is 9.71 Å². The fourth-order valence-electron chi connectivity index (χ4n) is 2.13. The van der Waals surface area contributed by atoms with E-state index in [9.17, 15) is 13.7 Å². The Bertz CT molecular complexity index is 1040. The van der Waals surface area contributed by atoms with Crippen LogP contribution in [0.1, 0.15) is 5.89 Å². The van der Waals surface area contributed by atoms with Crippen molar-refractivity contribution in [3.05, 3.63) is 60.6 Å². The fraction of sp³-hybridized carbons (Fsp3) is 0.0588. The molecule has 8 heteroatoms. The third kappa shape index (κ3) is 3.52. The number of benzene rings is 2. The number of nitrogens with zero attached hydrogens (tertiary/aromatic N) is 2. The standard InChI is InChI=1S/C17H14N4O3S/c1-19-25(22,23)14-8-6-13(7-9-14)20-11-12(10-18)17-21-15-4-2-3-5-16(15)24-17/h2-9,11,19-20H,1H3. The largest absolute Gasteiger partial charge is 0.435 e. The number of hydrogen-bond donors (Lipinski definition) is 2. The summed E-state index contributed by atoms with van der Waals surface area (Å²) in [6.45, 7) is 0. The zero-order valence-corrected chi connectivity index (χ0v) is 14.0. The Morgan fingerprint density at radius 3 is 2.56 bits per heavy atom. The van der Waals surface area contributed by atoms with Gasteiger partial charge < -0.3 is 9.73 Å². The first-order chi connectivity index (χ1) is 12.0. The molecule has 0 atom stereocenters. The van der Waals surface area contributed by atoms with Gasteiger partial charge in [0.1, 0.15) is 17.2 Å². The Labute approximate surface area is 144 Å². The second-order valence-electron chi connectivity index (χ2n) is 5.03. The Balaban J connectivity index is 1.83. The Hall–Kier alpha value is -3.15. The molecule has 0 spiro atoms. The molecule has 1 heterocycles. The van der Waals surface area contributed by atoms with Gasteiger partial charge in [-0.15, -0.1) is 0 Å². The van der Waals surface area contributed by atoms with Crippen molar-refractivity contribution in [2.24, 2.45) is 0 Å². The second-order valence-corrected chi connectivity index (χ2v) is 6.92. The molecule has 0 radical (unpaired) electrons. The molecule has 3 rings (SSSR count). The number of para-hydroxylation sites is 2. The summed E-state index contributed by atoms with van der Waals surface area (Å²) in [4.78, 5) is 4.43. The molecular weight excluding hydrogens is 340 g/mol. The maximum Gasteiger partial charge on any atom is 0.240 e. The summed E-state index contributed by atoms with van der Waals surface area (Å²) in [5.41, 5.74) is 2.11. The third-order valence-corrected chi connectivity index (χ3v) is 4.89. The van der Waals surface area contributed by atoms with Gasteiger partial charge in [0.2, 0.25) is 15.9 Å². The van der Waals surface area contributed by atoms with Crippen molar-refractivity contribution in [1.29, 1.82) is 5.26 Å². The van der Waals surface area contributed by atoms with Gasteiger partial charge in [0.05, 0.1) is 4.90 Å². The summed E-state index contributed by atoms with van der Waals surface area (Å²) in [6.07, 6.45) is 1.46. The van der Waals surface area contributed by atoms with Crippen molar-refractivity contribution < 1.29 is 12.8 Å². The molecule has 126 valence electrons. The van der Waals surface area contributed by atoms with E-state index >= 15 is 0 Å². The topological polar surface area (TPSA) is 108 Å². The molecule has 2 N–H and O–H groups in total. The van der Waals surface area contributed by atoms with Crippen LogP contribution in [0.3, 0.4) is 0 Å². The van der Waals surface area contributed by atoms with Crippen LogP contribution >= 0.6 is 0 Å². The first kappa shape index (κ1) is 16.7. The van der Waals surface area contributed by atoms with E-state index < -0.39 is 10.0 Å². The summed E-state index contributed by atoms with van der Waals surface area (Å²) in [5, 5.41) is 12.3. The van der Waals surface area contributed by atoms with E-state index in [-0.39, 0.29) is 16.4 Å². The van der Waals surface area contributed by atoms with Crippen LogP contribution in [0.2, 0.25) is 0 Å². The molecule has 3 aromatic rings. The minimum Gasteiger partial charge on any atom is -0.435 e. The number of aromatic nitrogens is 1. The van der Waals surface area contributed by atoms with Crippen molar-refractivity contribution in [3.8, 4) is 6.07 Å². The molecule has 7 nitrogen and oxygen atoms in total. The lowest BCUT2D eigenvalue weighted by atomic mass is 10.3. The molecule has 0 aliphatic carbocycles. The highest BCUT2D eigenvalue weighted by Crippen LogP contribution is 2.21. The number of fused-ring (bicyclic) bond motifs is 1. The van der Waals surface area contributed by atoms with Crippen LogP contribution in [0.4, 0.5) is 5.69 Å². The number of nitrogens with one attached hydrogen (secondary N) is 2. The number of allylic oxidation sites excluding steroid dienone is 1. The van der Waals surface area contributed by atoms with Gasteiger partial charge in [-0.05, 0) is 43.4 Å². The van der Waals surface area contributed by atoms with Crippen LogP contribution in [0.15, 0.2) is 64.0 Å². The zero-order valence-electron chi connectivity index (χ0n) is 13.2. The first-order valence-electron chi connectivity index (χ1n) is 7.30. The van der Waals surface area contributed by atoms with Crippen LogP contribution in [0, 0.1) is 11.3 Å². The van der Waals surface area contributed by atoms with Crippen molar-refractivity contribution in [2.75, 3.05) is 12.4 Å². The minimum absolute atomic E-state index is 0.156. The highest BCUT2D eigenvalue weighted by Gasteiger charge is 2.11. The normalized spacial score (nSPS) is 12.1. The number of sulfonamides is 1. The van der Waals surface area contributed by atoms with E-state index in [0.717, 1.165) is 0 Å². The molecule has 0 saturated heterocycles. The smallest absolute Gasteiger partial charge is 0.240 e. The van der Waals surface area contributed by atoms with Crippen molar-refractivity contribution in [2.45, 2.75) is 4.90 Å². The van der Waals surface area contributed by atoms with Gasteiger partial charge in [0.25, 0.3) is 0 Å². The molecule has 1 aromatic heterocycles.